The van der Waals surface area contributed by atoms with Gasteiger partial charge in [-0.2, -0.15) is 0 Å². The van der Waals surface area contributed by atoms with E-state index in [-0.39, 0.29) is 0 Å². The summed E-state index contributed by atoms with van der Waals surface area (Å²) in [5, 5.41) is 0. The summed E-state index contributed by atoms with van der Waals surface area (Å²) in [4.78, 5) is 0. The molecule has 4 unspecified atom stereocenters. The standard InChI is InChI=1S/C19H32/c1-7-10-14(3)13-18(15(4)8-2)19-16(5)11-9-12-17(19)6/h7,9,11,14-15,17-18H,1,8,10,12-13H2,2-6H3. The molecule has 0 amide bonds. The molecule has 19 heavy (non-hydrogen) atoms. The summed E-state index contributed by atoms with van der Waals surface area (Å²) >= 11 is 0. The van der Waals surface area contributed by atoms with Crippen molar-refractivity contribution in [2.24, 2.45) is 23.7 Å². The van der Waals surface area contributed by atoms with E-state index in [1.165, 1.54) is 24.8 Å². The summed E-state index contributed by atoms with van der Waals surface area (Å²) in [7, 11) is 0. The molecule has 0 aromatic heterocycles. The van der Waals surface area contributed by atoms with Gasteiger partial charge in [-0.1, -0.05) is 63.5 Å². The van der Waals surface area contributed by atoms with Crippen molar-refractivity contribution in [2.75, 3.05) is 0 Å². The van der Waals surface area contributed by atoms with Gasteiger partial charge in [0.1, 0.15) is 0 Å². The molecular formula is C19H32. The van der Waals surface area contributed by atoms with E-state index < -0.39 is 0 Å². The molecular weight excluding hydrogens is 228 g/mol. The predicted octanol–water partition coefficient (Wildman–Crippen LogP) is 6.16. The van der Waals surface area contributed by atoms with Gasteiger partial charge in [-0.25, -0.2) is 0 Å². The summed E-state index contributed by atoms with van der Waals surface area (Å²) in [5.74, 6) is 3.00. The van der Waals surface area contributed by atoms with Crippen molar-refractivity contribution < 1.29 is 0 Å². The van der Waals surface area contributed by atoms with Gasteiger partial charge in [-0.05, 0) is 49.9 Å². The first kappa shape index (κ1) is 16.3. The molecule has 1 rings (SSSR count). The zero-order valence-corrected chi connectivity index (χ0v) is 13.6. The summed E-state index contributed by atoms with van der Waals surface area (Å²) in [5.41, 5.74) is 3.25. The maximum Gasteiger partial charge on any atom is -0.0166 e. The molecule has 0 heterocycles. The van der Waals surface area contributed by atoms with Crippen LogP contribution in [0.4, 0.5) is 0 Å². The largest absolute Gasteiger partial charge is 0.103 e. The van der Waals surface area contributed by atoms with Crippen LogP contribution in [-0.4, -0.2) is 0 Å². The average molecular weight is 260 g/mol. The Morgan fingerprint density at radius 2 is 2.11 bits per heavy atom. The van der Waals surface area contributed by atoms with Gasteiger partial charge in [-0.3, -0.25) is 0 Å². The van der Waals surface area contributed by atoms with E-state index in [2.05, 4.69) is 59.4 Å². The van der Waals surface area contributed by atoms with Crippen molar-refractivity contribution in [1.82, 2.24) is 0 Å². The van der Waals surface area contributed by atoms with Gasteiger partial charge < -0.3 is 0 Å². The second-order valence-corrected chi connectivity index (χ2v) is 6.53. The normalized spacial score (nSPS) is 24.2. The second-order valence-electron chi connectivity index (χ2n) is 6.53. The van der Waals surface area contributed by atoms with Crippen molar-refractivity contribution in [3.05, 3.63) is 36.0 Å². The molecule has 0 aromatic carbocycles. The Bertz CT molecular complexity index is 345. The SMILES string of the molecule is C=CCC(C)CC(C1=C(C)C=CCC1C)C(C)CC. The lowest BCUT2D eigenvalue weighted by molar-refractivity contribution is 0.303. The zero-order chi connectivity index (χ0) is 14.4. The van der Waals surface area contributed by atoms with E-state index in [9.17, 15) is 0 Å². The van der Waals surface area contributed by atoms with Crippen LogP contribution in [0.25, 0.3) is 0 Å². The highest BCUT2D eigenvalue weighted by molar-refractivity contribution is 5.31. The Morgan fingerprint density at radius 3 is 2.63 bits per heavy atom. The minimum Gasteiger partial charge on any atom is -0.103 e. The topological polar surface area (TPSA) is 0 Å². The van der Waals surface area contributed by atoms with Crippen LogP contribution in [0.2, 0.25) is 0 Å². The van der Waals surface area contributed by atoms with Gasteiger partial charge in [0.05, 0.1) is 0 Å². The lowest BCUT2D eigenvalue weighted by Gasteiger charge is -2.34. The second kappa shape index (κ2) is 7.72. The van der Waals surface area contributed by atoms with Crippen LogP contribution in [0, 0.1) is 23.7 Å². The molecule has 1 aliphatic carbocycles. The van der Waals surface area contributed by atoms with E-state index in [1.54, 1.807) is 5.57 Å². The molecule has 0 bridgehead atoms. The smallest absolute Gasteiger partial charge is 0.0166 e. The van der Waals surface area contributed by atoms with Crippen molar-refractivity contribution in [3.8, 4) is 0 Å². The van der Waals surface area contributed by atoms with E-state index >= 15 is 0 Å². The molecule has 1 aliphatic rings. The van der Waals surface area contributed by atoms with Crippen molar-refractivity contribution in [3.63, 3.8) is 0 Å². The number of hydrogen-bond donors (Lipinski definition) is 0. The highest BCUT2D eigenvalue weighted by Crippen LogP contribution is 2.39. The van der Waals surface area contributed by atoms with Crippen LogP contribution in [0.1, 0.15) is 60.3 Å². The molecule has 0 radical (unpaired) electrons. The molecule has 0 spiro atoms. The molecule has 0 heteroatoms. The molecule has 0 saturated heterocycles. The maximum atomic E-state index is 3.89. The first-order chi connectivity index (χ1) is 9.01. The Kier molecular flexibility index (Phi) is 6.62. The molecule has 0 aromatic rings. The number of rotatable bonds is 7. The Hall–Kier alpha value is -0.780. The van der Waals surface area contributed by atoms with Gasteiger partial charge in [-0.15, -0.1) is 6.58 Å². The predicted molar refractivity (Wildman–Crippen MR) is 87.2 cm³/mol. The minimum atomic E-state index is 0.722. The van der Waals surface area contributed by atoms with Crippen molar-refractivity contribution in [1.29, 1.82) is 0 Å². The van der Waals surface area contributed by atoms with Crippen molar-refractivity contribution in [2.45, 2.75) is 60.3 Å². The molecule has 0 saturated carbocycles. The van der Waals surface area contributed by atoms with Crippen molar-refractivity contribution >= 4 is 0 Å². The third kappa shape index (κ3) is 4.37. The molecule has 4 atom stereocenters. The monoisotopic (exact) mass is 260 g/mol. The van der Waals surface area contributed by atoms with Gasteiger partial charge in [0.15, 0.2) is 0 Å². The minimum absolute atomic E-state index is 0.722. The maximum absolute atomic E-state index is 3.89. The van der Waals surface area contributed by atoms with Crippen LogP contribution >= 0.6 is 0 Å². The van der Waals surface area contributed by atoms with Crippen LogP contribution in [0.3, 0.4) is 0 Å². The van der Waals surface area contributed by atoms with Crippen LogP contribution < -0.4 is 0 Å². The van der Waals surface area contributed by atoms with E-state index in [0.717, 1.165) is 30.1 Å². The fourth-order valence-electron chi connectivity index (χ4n) is 3.48. The number of hydrogen-bond acceptors (Lipinski definition) is 0. The summed E-state index contributed by atoms with van der Waals surface area (Å²) in [6.07, 6.45) is 11.7. The Morgan fingerprint density at radius 1 is 1.42 bits per heavy atom. The first-order valence-electron chi connectivity index (χ1n) is 7.99. The fourth-order valence-corrected chi connectivity index (χ4v) is 3.48. The first-order valence-corrected chi connectivity index (χ1v) is 7.99. The Labute approximate surface area is 120 Å². The molecule has 108 valence electrons. The van der Waals surface area contributed by atoms with Crippen LogP contribution in [0.5, 0.6) is 0 Å². The van der Waals surface area contributed by atoms with Gasteiger partial charge in [0, 0.05) is 0 Å². The third-order valence-electron chi connectivity index (χ3n) is 4.80. The molecule has 0 nitrogen and oxygen atoms in total. The van der Waals surface area contributed by atoms with Gasteiger partial charge in [0.2, 0.25) is 0 Å². The lowest BCUT2D eigenvalue weighted by atomic mass is 9.71. The summed E-state index contributed by atoms with van der Waals surface area (Å²) in [6.45, 7) is 15.7. The summed E-state index contributed by atoms with van der Waals surface area (Å²) in [6, 6.07) is 0. The molecule has 0 aliphatic heterocycles. The highest BCUT2D eigenvalue weighted by atomic mass is 14.3. The molecule has 0 fully saturated rings. The lowest BCUT2D eigenvalue weighted by Crippen LogP contribution is -2.23. The highest BCUT2D eigenvalue weighted by Gasteiger charge is 2.27. The third-order valence-corrected chi connectivity index (χ3v) is 4.80. The van der Waals surface area contributed by atoms with E-state index in [4.69, 9.17) is 0 Å². The van der Waals surface area contributed by atoms with E-state index in [0.29, 0.717) is 0 Å². The Balaban J connectivity index is 2.96. The van der Waals surface area contributed by atoms with E-state index in [1.807, 2.05) is 0 Å². The number of allylic oxidation sites excluding steroid dienone is 5. The van der Waals surface area contributed by atoms with Crippen LogP contribution in [-0.2, 0) is 0 Å². The summed E-state index contributed by atoms with van der Waals surface area (Å²) < 4.78 is 0. The van der Waals surface area contributed by atoms with Gasteiger partial charge >= 0.3 is 0 Å². The van der Waals surface area contributed by atoms with Crippen LogP contribution in [0.15, 0.2) is 36.0 Å². The average Bonchev–Trinajstić information content (AvgIpc) is 2.36. The molecule has 0 N–H and O–H groups in total. The fraction of sp³-hybridized carbons (Fsp3) is 0.684. The zero-order valence-electron chi connectivity index (χ0n) is 13.6. The van der Waals surface area contributed by atoms with Gasteiger partial charge in [0.25, 0.3) is 0 Å². The quantitative estimate of drug-likeness (QED) is 0.481.